The van der Waals surface area contributed by atoms with Crippen molar-refractivity contribution in [2.24, 2.45) is 64.5 Å². The summed E-state index contributed by atoms with van der Waals surface area (Å²) in [7, 11) is 3.08. The van der Waals surface area contributed by atoms with E-state index in [1.165, 1.54) is 19.2 Å². The number of benzene rings is 5. The molecule has 5 aromatic carbocycles. The third-order valence-corrected chi connectivity index (χ3v) is 23.9. The van der Waals surface area contributed by atoms with Gasteiger partial charge in [0.1, 0.15) is 69.9 Å². The zero-order chi connectivity index (χ0) is 109. The summed E-state index contributed by atoms with van der Waals surface area (Å²) < 4.78 is 109. The van der Waals surface area contributed by atoms with E-state index in [0.717, 1.165) is 108 Å². The Morgan fingerprint density at radius 1 is 0.361 bits per heavy atom. The lowest BCUT2D eigenvalue weighted by Crippen LogP contribution is -2.47. The number of carbonyl (C=O) groups excluding carboxylic acids is 9. The van der Waals surface area contributed by atoms with Gasteiger partial charge in [-0.2, -0.15) is 8.78 Å². The zero-order valence-electron chi connectivity index (χ0n) is 85.7. The molecular formula is C104H145Cl3F5N7O25. The molecular weight excluding hydrogens is 1950 g/mol. The lowest BCUT2D eigenvalue weighted by Gasteiger charge is -2.31. The van der Waals surface area contributed by atoms with Gasteiger partial charge >= 0.3 is 53.7 Å². The maximum atomic E-state index is 13.5. The smallest absolute Gasteiger partial charge is 0.343 e. The average Bonchev–Trinajstić information content (AvgIpc) is 0.787. The SMILES string of the molecule is CC(C)(C)OC(=O)C1CCC(C[C@H](N)C(=O)O)CC1.CC(C)(C)OC(=O)C1CCC(C[C@H](N)C(=O)O)CC1.CC(C)(C)OC(=O)c1ccc(C[C@H](N)C(=O)O)cc1.CC(C)Oc1ccc(C(=O)Oc2c(F)c(F)c(F)c(F)c2F)cc1Cl.CNC(=O)C(CC1CCC(C(=O)O)CC1)NC(=O)c1ccc(OC(C)C)c(Cl)c1.CNC(=O)C(CC1CCC(C(=O)OC(C)(C)C)CC1)NC(=O)c1ccc(OC(C)C)c(Cl)c1. The number of rotatable bonds is 32. The van der Waals surface area contributed by atoms with Crippen LogP contribution in [0.2, 0.25) is 15.1 Å². The lowest BCUT2D eigenvalue weighted by molar-refractivity contribution is -0.162. The normalized spacial score (nSPS) is 18.9. The van der Waals surface area contributed by atoms with Gasteiger partial charge in [0.25, 0.3) is 11.8 Å². The van der Waals surface area contributed by atoms with Crippen LogP contribution >= 0.6 is 34.8 Å². The standard InChI is InChI=1S/C25H37ClN2O5.C21H29ClN2O5.C16H10ClF5O3.2C14H25NO4.C14H19NO4/c1-15(2)32-21-12-11-18(14-19(21)26)22(29)28-20(23(30)27-6)13-16-7-9-17(10-8-16)24(31)33-25(3,4)5;1-12(2)29-18-9-8-15(11-16(18)22)19(25)24-17(20(26)23-3)10-13-4-6-14(7-5-13)21(27)28;1-6(2)24-9-4-3-7(5-8(9)17)16(23)25-15-13(21)11(19)10(18)12(20)14(15)22;3*1-14(2,3)19-13(18)10-6-4-9(5-7-10)8-11(15)12(16)17/h11-12,14-17,20H,7-10,13H2,1-6H3,(H,27,30)(H,28,29);8-9,11-14,17H,4-7,10H2,1-3H3,(H,23,26)(H,24,25)(H,27,28);3-6H,1-2H3;2*9-11H,4-8,15H2,1-3H3,(H,16,17);4-7,11H,8,15H2,1-3H3,(H,16,17)/t;;;2*9?,10?,11-;11-/m...000/s1. The number of nitrogens with two attached hydrogens (primary N) is 3. The zero-order valence-corrected chi connectivity index (χ0v) is 88.0. The molecule has 4 aliphatic carbocycles. The number of likely N-dealkylation sites (N-methyl/N-ethyl adjacent to an activating group) is 2. The van der Waals surface area contributed by atoms with E-state index in [1.54, 1.807) is 96.3 Å². The number of hydrogen-bond acceptors (Lipinski definition) is 24. The minimum atomic E-state index is -2.35. The van der Waals surface area contributed by atoms with E-state index in [1.807, 2.05) is 90.0 Å². The molecule has 5 atom stereocenters. The molecule has 4 aliphatic rings. The molecule has 0 aliphatic heterocycles. The van der Waals surface area contributed by atoms with Crippen molar-refractivity contribution in [2.75, 3.05) is 14.1 Å². The Balaban J connectivity index is 0.000000365. The summed E-state index contributed by atoms with van der Waals surface area (Å²) in [5.74, 6) is -18.4. The number of aliphatic carboxylic acids is 4. The van der Waals surface area contributed by atoms with Gasteiger partial charge in [-0.25, -0.2) is 22.8 Å². The molecule has 4 fully saturated rings. The molecule has 0 bridgehead atoms. The first-order valence-electron chi connectivity index (χ1n) is 48.2. The molecule has 0 aromatic heterocycles. The fourth-order valence-electron chi connectivity index (χ4n) is 15.8. The number of amides is 4. The number of nitrogens with one attached hydrogen (secondary N) is 4. The molecule has 9 rings (SSSR count). The van der Waals surface area contributed by atoms with Gasteiger partial charge in [-0.3, -0.25) is 52.7 Å². The predicted molar refractivity (Wildman–Crippen MR) is 531 cm³/mol. The molecule has 32 nitrogen and oxygen atoms in total. The second-order valence-electron chi connectivity index (χ2n) is 41.0. The van der Waals surface area contributed by atoms with Crippen molar-refractivity contribution < 1.29 is 143 Å². The highest BCUT2D eigenvalue weighted by Crippen LogP contribution is 2.40. The van der Waals surface area contributed by atoms with Crippen LogP contribution in [0.3, 0.4) is 0 Å². The van der Waals surface area contributed by atoms with Gasteiger partial charge < -0.3 is 96.8 Å². The Morgan fingerprint density at radius 2 is 0.632 bits per heavy atom. The fraction of sp³-hybridized carbons (Fsp3) is 0.587. The summed E-state index contributed by atoms with van der Waals surface area (Å²) in [5.41, 5.74) is 16.2. The summed E-state index contributed by atoms with van der Waals surface area (Å²) in [6.45, 7) is 33.2. The molecule has 0 spiro atoms. The third kappa shape index (κ3) is 44.9. The predicted octanol–water partition coefficient (Wildman–Crippen LogP) is 18.3. The molecule has 0 saturated heterocycles. The highest BCUT2D eigenvalue weighted by atomic mass is 35.5. The molecule has 802 valence electrons. The molecule has 0 heterocycles. The van der Waals surface area contributed by atoms with Crippen LogP contribution < -0.4 is 57.4 Å². The summed E-state index contributed by atoms with van der Waals surface area (Å²) in [6.07, 6.45) is 14.1. The van der Waals surface area contributed by atoms with Crippen molar-refractivity contribution in [2.45, 2.75) is 330 Å². The largest absolute Gasteiger partial charge is 0.489 e. The van der Waals surface area contributed by atoms with Crippen LogP contribution in [0.1, 0.15) is 300 Å². The number of halogens is 8. The average molecular weight is 2090 g/mol. The van der Waals surface area contributed by atoms with Gasteiger partial charge in [-0.15, -0.1) is 0 Å². The second kappa shape index (κ2) is 58.4. The second-order valence-corrected chi connectivity index (χ2v) is 42.2. The molecule has 4 saturated carbocycles. The lowest BCUT2D eigenvalue weighted by atomic mass is 9.79. The fourth-order valence-corrected chi connectivity index (χ4v) is 16.5. The van der Waals surface area contributed by atoms with Crippen LogP contribution in [0.5, 0.6) is 23.0 Å². The quantitative estimate of drug-likeness (QED) is 0.00476. The molecule has 5 aromatic rings. The Kier molecular flexibility index (Phi) is 50.8. The van der Waals surface area contributed by atoms with Gasteiger partial charge in [-0.05, 0) is 355 Å². The van der Waals surface area contributed by atoms with Crippen LogP contribution in [0.15, 0.2) is 78.9 Å². The number of carbonyl (C=O) groups is 13. The summed E-state index contributed by atoms with van der Waals surface area (Å²) in [4.78, 5) is 153. The van der Waals surface area contributed by atoms with E-state index in [9.17, 15) is 84.3 Å². The summed E-state index contributed by atoms with van der Waals surface area (Å²) in [6, 6.07) is 15.9. The van der Waals surface area contributed by atoms with E-state index in [4.69, 9.17) is 106 Å². The van der Waals surface area contributed by atoms with Crippen LogP contribution in [0.25, 0.3) is 0 Å². The van der Waals surface area contributed by atoms with Crippen molar-refractivity contribution in [1.29, 1.82) is 0 Å². The number of hydrogen-bond donors (Lipinski definition) is 11. The van der Waals surface area contributed by atoms with E-state index in [0.29, 0.717) is 88.6 Å². The number of esters is 5. The van der Waals surface area contributed by atoms with Crippen LogP contribution in [-0.2, 0) is 68.5 Å². The van der Waals surface area contributed by atoms with Gasteiger partial charge in [-0.1, -0.05) is 46.9 Å². The monoisotopic (exact) mass is 2090 g/mol. The molecule has 0 radical (unpaired) electrons. The van der Waals surface area contributed by atoms with Gasteiger partial charge in [0.2, 0.25) is 46.6 Å². The molecule has 14 N–H and O–H groups in total. The topological polar surface area (TPSA) is 503 Å². The van der Waals surface area contributed by atoms with Crippen molar-refractivity contribution in [1.82, 2.24) is 21.3 Å². The van der Waals surface area contributed by atoms with Crippen molar-refractivity contribution in [3.8, 4) is 23.0 Å². The molecule has 2 unspecified atom stereocenters. The van der Waals surface area contributed by atoms with E-state index in [2.05, 4.69) is 26.0 Å². The molecule has 144 heavy (non-hydrogen) atoms. The van der Waals surface area contributed by atoms with Crippen LogP contribution in [-0.4, -0.2) is 183 Å². The Morgan fingerprint density at radius 3 is 0.903 bits per heavy atom. The van der Waals surface area contributed by atoms with E-state index < -0.39 is 129 Å². The van der Waals surface area contributed by atoms with Gasteiger partial charge in [0.15, 0.2) is 0 Å². The highest BCUT2D eigenvalue weighted by molar-refractivity contribution is 6.33. The Hall–Kier alpha value is -11.0. The van der Waals surface area contributed by atoms with Crippen LogP contribution in [0, 0.1) is 76.4 Å². The number of ether oxygens (including phenoxy) is 8. The minimum Gasteiger partial charge on any atom is -0.489 e. The molecule has 40 heteroatoms. The first-order chi connectivity index (χ1) is 66.8. The maximum Gasteiger partial charge on any atom is 0.343 e. The van der Waals surface area contributed by atoms with E-state index >= 15 is 0 Å². The summed E-state index contributed by atoms with van der Waals surface area (Å²) in [5, 5.41) is 46.9. The molecule has 4 amide bonds. The highest BCUT2D eigenvalue weighted by Gasteiger charge is 2.39. The maximum absolute atomic E-state index is 13.5. The number of carboxylic acid groups (broad SMARTS) is 4. The first kappa shape index (κ1) is 125. The minimum absolute atomic E-state index is 0.000520. The third-order valence-electron chi connectivity index (χ3n) is 23.0. The first-order valence-corrected chi connectivity index (χ1v) is 49.3. The van der Waals surface area contributed by atoms with Crippen molar-refractivity contribution >= 4 is 112 Å². The van der Waals surface area contributed by atoms with Gasteiger partial charge in [0, 0.05) is 25.2 Å². The van der Waals surface area contributed by atoms with E-state index in [-0.39, 0.29) is 112 Å². The van der Waals surface area contributed by atoms with Crippen LogP contribution in [0.4, 0.5) is 22.0 Å². The Labute approximate surface area is 854 Å². The van der Waals surface area contributed by atoms with Gasteiger partial charge in [0.05, 0.1) is 68.2 Å². The summed E-state index contributed by atoms with van der Waals surface area (Å²) >= 11 is 18.4. The number of carboxylic acids is 4. The van der Waals surface area contributed by atoms with Crippen molar-refractivity contribution in [3.63, 3.8) is 0 Å². The Bertz CT molecular complexity index is 5030. The van der Waals surface area contributed by atoms with Crippen molar-refractivity contribution in [3.05, 3.63) is 151 Å².